The van der Waals surface area contributed by atoms with Crippen molar-refractivity contribution >= 4 is 46.4 Å². The molecule has 0 radical (unpaired) electrons. The second-order valence-corrected chi connectivity index (χ2v) is 7.40. The smallest absolute Gasteiger partial charge is 0.257 e. The molecule has 2 aliphatic heterocycles. The van der Waals surface area contributed by atoms with E-state index in [1.54, 1.807) is 40.1 Å². The molecule has 0 aliphatic carbocycles. The lowest BCUT2D eigenvalue weighted by molar-refractivity contribution is -0.117. The van der Waals surface area contributed by atoms with Crippen molar-refractivity contribution in [3.05, 3.63) is 53.1 Å². The summed E-state index contributed by atoms with van der Waals surface area (Å²) >= 11 is 6.10. The first-order valence-corrected chi connectivity index (χ1v) is 9.72. The number of benzene rings is 2. The van der Waals surface area contributed by atoms with Gasteiger partial charge in [-0.15, -0.1) is 0 Å². The average Bonchev–Trinajstić information content (AvgIpc) is 3.30. The van der Waals surface area contributed by atoms with E-state index in [4.69, 9.17) is 11.6 Å². The summed E-state index contributed by atoms with van der Waals surface area (Å²) in [5.74, 6) is -0.190. The summed E-state index contributed by atoms with van der Waals surface area (Å²) in [5.41, 5.74) is 2.38. The largest absolute Gasteiger partial charge is 0.322 e. The summed E-state index contributed by atoms with van der Waals surface area (Å²) in [6.07, 6.45) is 2.69. The van der Waals surface area contributed by atoms with Crippen LogP contribution in [0.25, 0.3) is 0 Å². The Morgan fingerprint density at radius 3 is 2.14 bits per heavy atom. The molecule has 28 heavy (non-hydrogen) atoms. The molecule has 1 N–H and O–H groups in total. The molecule has 0 aromatic heterocycles. The number of hydrogen-bond acceptors (Lipinski definition) is 3. The molecule has 0 bridgehead atoms. The molecule has 2 heterocycles. The van der Waals surface area contributed by atoms with E-state index in [0.29, 0.717) is 41.3 Å². The first-order valence-electron chi connectivity index (χ1n) is 9.34. The van der Waals surface area contributed by atoms with Gasteiger partial charge in [0, 0.05) is 42.3 Å². The van der Waals surface area contributed by atoms with Crippen LogP contribution in [-0.4, -0.2) is 30.8 Å². The van der Waals surface area contributed by atoms with Crippen LogP contribution in [0.2, 0.25) is 5.02 Å². The minimum absolute atomic E-state index is 0.00375. The number of nitrogens with one attached hydrogen (secondary N) is 1. The molecule has 3 amide bonds. The molecule has 144 valence electrons. The maximum Gasteiger partial charge on any atom is 0.257 e. The van der Waals surface area contributed by atoms with Gasteiger partial charge in [0.25, 0.3) is 5.91 Å². The van der Waals surface area contributed by atoms with Gasteiger partial charge >= 0.3 is 0 Å². The molecule has 0 unspecified atom stereocenters. The van der Waals surface area contributed by atoms with Crippen LogP contribution in [0.4, 0.5) is 17.1 Å². The van der Waals surface area contributed by atoms with Gasteiger partial charge < -0.3 is 15.1 Å². The molecule has 4 rings (SSSR count). The van der Waals surface area contributed by atoms with Crippen molar-refractivity contribution < 1.29 is 14.4 Å². The number of halogens is 1. The molecule has 0 atom stereocenters. The zero-order valence-corrected chi connectivity index (χ0v) is 16.0. The average molecular weight is 398 g/mol. The van der Waals surface area contributed by atoms with Crippen molar-refractivity contribution in [2.24, 2.45) is 0 Å². The van der Waals surface area contributed by atoms with Gasteiger partial charge in [0.1, 0.15) is 0 Å². The molecule has 2 fully saturated rings. The molecule has 2 saturated heterocycles. The number of anilines is 3. The van der Waals surface area contributed by atoms with Crippen LogP contribution in [0, 0.1) is 0 Å². The Kier molecular flexibility index (Phi) is 5.05. The van der Waals surface area contributed by atoms with Gasteiger partial charge in [-0.2, -0.15) is 0 Å². The van der Waals surface area contributed by atoms with Gasteiger partial charge in [-0.25, -0.2) is 0 Å². The second-order valence-electron chi connectivity index (χ2n) is 6.96. The van der Waals surface area contributed by atoms with Crippen LogP contribution in [0.1, 0.15) is 36.0 Å². The number of carbonyl (C=O) groups is 3. The monoisotopic (exact) mass is 397 g/mol. The number of hydrogen-bond donors (Lipinski definition) is 1. The molecule has 0 saturated carbocycles. The van der Waals surface area contributed by atoms with E-state index in [1.807, 2.05) is 12.1 Å². The zero-order valence-electron chi connectivity index (χ0n) is 15.3. The molecule has 2 aliphatic rings. The van der Waals surface area contributed by atoms with Crippen molar-refractivity contribution in [1.29, 1.82) is 0 Å². The van der Waals surface area contributed by atoms with E-state index in [1.165, 1.54) is 0 Å². The summed E-state index contributed by atoms with van der Waals surface area (Å²) in [6.45, 7) is 1.31. The van der Waals surface area contributed by atoms with Crippen molar-refractivity contribution in [1.82, 2.24) is 0 Å². The second kappa shape index (κ2) is 7.64. The highest BCUT2D eigenvalue weighted by Crippen LogP contribution is 2.30. The highest BCUT2D eigenvalue weighted by molar-refractivity contribution is 6.31. The fraction of sp³-hybridized carbons (Fsp3) is 0.286. The van der Waals surface area contributed by atoms with Gasteiger partial charge in [-0.3, -0.25) is 14.4 Å². The third-order valence-corrected chi connectivity index (χ3v) is 5.31. The van der Waals surface area contributed by atoms with Crippen LogP contribution < -0.4 is 15.1 Å². The lowest BCUT2D eigenvalue weighted by Crippen LogP contribution is -2.27. The lowest BCUT2D eigenvalue weighted by Gasteiger charge is -2.20. The van der Waals surface area contributed by atoms with Crippen molar-refractivity contribution in [3.8, 4) is 0 Å². The van der Waals surface area contributed by atoms with E-state index < -0.39 is 0 Å². The Morgan fingerprint density at radius 2 is 1.54 bits per heavy atom. The summed E-state index contributed by atoms with van der Waals surface area (Å²) in [6, 6.07) is 12.1. The maximum absolute atomic E-state index is 12.8. The predicted octanol–water partition coefficient (Wildman–Crippen LogP) is 3.85. The molecular formula is C21H20ClN3O3. The van der Waals surface area contributed by atoms with E-state index in [0.717, 1.165) is 25.1 Å². The van der Waals surface area contributed by atoms with Gasteiger partial charge in [-0.1, -0.05) is 11.6 Å². The van der Waals surface area contributed by atoms with Crippen molar-refractivity contribution in [3.63, 3.8) is 0 Å². The van der Waals surface area contributed by atoms with E-state index >= 15 is 0 Å². The molecule has 2 aromatic carbocycles. The summed E-state index contributed by atoms with van der Waals surface area (Å²) < 4.78 is 0. The van der Waals surface area contributed by atoms with Gasteiger partial charge in [0.15, 0.2) is 0 Å². The van der Waals surface area contributed by atoms with Crippen LogP contribution in [0.3, 0.4) is 0 Å². The number of amides is 3. The van der Waals surface area contributed by atoms with Crippen molar-refractivity contribution in [2.75, 3.05) is 28.2 Å². The highest BCUT2D eigenvalue weighted by atomic mass is 35.5. The third kappa shape index (κ3) is 3.60. The summed E-state index contributed by atoms with van der Waals surface area (Å²) in [4.78, 5) is 40.2. The molecule has 2 aromatic rings. The SMILES string of the molecule is O=C(Nc1ccc(N2CCCC2=O)cc1)c1ccc(Cl)cc1N1CCCC1=O. The highest BCUT2D eigenvalue weighted by Gasteiger charge is 2.26. The molecular weight excluding hydrogens is 378 g/mol. The topological polar surface area (TPSA) is 69.7 Å². The Hall–Kier alpha value is -2.86. The van der Waals surface area contributed by atoms with Crippen LogP contribution >= 0.6 is 11.6 Å². The molecule has 0 spiro atoms. The predicted molar refractivity (Wildman–Crippen MR) is 109 cm³/mol. The van der Waals surface area contributed by atoms with Gasteiger partial charge in [0.2, 0.25) is 11.8 Å². The first-order chi connectivity index (χ1) is 13.5. The van der Waals surface area contributed by atoms with Crippen LogP contribution in [0.5, 0.6) is 0 Å². The molecule has 6 nitrogen and oxygen atoms in total. The molecule has 7 heteroatoms. The Morgan fingerprint density at radius 1 is 0.893 bits per heavy atom. The Bertz CT molecular complexity index is 942. The normalized spacial score (nSPS) is 16.8. The Labute approximate surface area is 168 Å². The van der Waals surface area contributed by atoms with Gasteiger partial charge in [0.05, 0.1) is 11.3 Å². The summed E-state index contributed by atoms with van der Waals surface area (Å²) in [5, 5.41) is 3.34. The van der Waals surface area contributed by atoms with E-state index in [-0.39, 0.29) is 17.7 Å². The standard InChI is InChI=1S/C21H20ClN3O3/c22-14-5-10-17(18(13-14)25-12-2-4-20(25)27)21(28)23-15-6-8-16(9-7-15)24-11-1-3-19(24)26/h5-10,13H,1-4,11-12H2,(H,23,28). The quantitative estimate of drug-likeness (QED) is 0.851. The fourth-order valence-corrected chi connectivity index (χ4v) is 3.83. The third-order valence-electron chi connectivity index (χ3n) is 5.08. The number of rotatable bonds is 4. The lowest BCUT2D eigenvalue weighted by atomic mass is 10.1. The van der Waals surface area contributed by atoms with E-state index in [9.17, 15) is 14.4 Å². The minimum atomic E-state index is -0.309. The maximum atomic E-state index is 12.8. The minimum Gasteiger partial charge on any atom is -0.322 e. The fourth-order valence-electron chi connectivity index (χ4n) is 3.67. The van der Waals surface area contributed by atoms with Gasteiger partial charge in [-0.05, 0) is 55.3 Å². The van der Waals surface area contributed by atoms with Crippen LogP contribution in [0.15, 0.2) is 42.5 Å². The summed E-state index contributed by atoms with van der Waals surface area (Å²) in [7, 11) is 0. The Balaban J connectivity index is 1.54. The van der Waals surface area contributed by atoms with Crippen LogP contribution in [-0.2, 0) is 9.59 Å². The first kappa shape index (κ1) is 18.5. The zero-order chi connectivity index (χ0) is 19.7. The van der Waals surface area contributed by atoms with Crippen molar-refractivity contribution in [2.45, 2.75) is 25.7 Å². The number of carbonyl (C=O) groups excluding carboxylic acids is 3. The van der Waals surface area contributed by atoms with E-state index in [2.05, 4.69) is 5.32 Å². The number of nitrogens with zero attached hydrogens (tertiary/aromatic N) is 2.